The van der Waals surface area contributed by atoms with Crippen LogP contribution in [0.25, 0.3) is 22.3 Å². The first-order valence-electron chi connectivity index (χ1n) is 9.22. The van der Waals surface area contributed by atoms with Gasteiger partial charge in [-0.2, -0.15) is 0 Å². The molecule has 148 valence electrons. The number of anilines is 1. The van der Waals surface area contributed by atoms with Gasteiger partial charge in [-0.25, -0.2) is 4.39 Å². The Morgan fingerprint density at radius 1 is 1.14 bits per heavy atom. The SMILES string of the molecule is CCn1cc(-c2nnc(SCC(=O)Nc3ccc(F)cc3)n2C)c2ccccc21. The molecule has 1 amide bonds. The molecule has 0 saturated carbocycles. The number of fused-ring (bicyclic) bond motifs is 1. The van der Waals surface area contributed by atoms with Crippen molar-refractivity contribution in [3.8, 4) is 11.4 Å². The number of carbonyl (C=O) groups excluding carboxylic acids is 1. The molecule has 2 heterocycles. The number of halogens is 1. The van der Waals surface area contributed by atoms with Crippen molar-refractivity contribution < 1.29 is 9.18 Å². The highest BCUT2D eigenvalue weighted by atomic mass is 32.2. The minimum atomic E-state index is -0.339. The number of aryl methyl sites for hydroxylation is 1. The lowest BCUT2D eigenvalue weighted by Gasteiger charge is -2.05. The van der Waals surface area contributed by atoms with E-state index in [1.165, 1.54) is 36.0 Å². The molecule has 0 spiro atoms. The number of benzene rings is 2. The van der Waals surface area contributed by atoms with E-state index in [4.69, 9.17) is 0 Å². The topological polar surface area (TPSA) is 64.7 Å². The summed E-state index contributed by atoms with van der Waals surface area (Å²) < 4.78 is 17.0. The number of nitrogens with one attached hydrogen (secondary N) is 1. The quantitative estimate of drug-likeness (QED) is 0.482. The highest BCUT2D eigenvalue weighted by Crippen LogP contribution is 2.31. The van der Waals surface area contributed by atoms with Gasteiger partial charge in [0.1, 0.15) is 5.82 Å². The summed E-state index contributed by atoms with van der Waals surface area (Å²) in [4.78, 5) is 12.2. The third-order valence-corrected chi connectivity index (χ3v) is 5.69. The number of carbonyl (C=O) groups is 1. The molecule has 0 radical (unpaired) electrons. The van der Waals surface area contributed by atoms with Gasteiger partial charge in [0.2, 0.25) is 5.91 Å². The second kappa shape index (κ2) is 8.08. The van der Waals surface area contributed by atoms with Crippen LogP contribution in [-0.2, 0) is 18.4 Å². The Hall–Kier alpha value is -3.13. The van der Waals surface area contributed by atoms with E-state index in [9.17, 15) is 9.18 Å². The van der Waals surface area contributed by atoms with E-state index in [1.807, 2.05) is 23.7 Å². The maximum absolute atomic E-state index is 13.0. The second-order valence-electron chi connectivity index (χ2n) is 6.55. The molecule has 2 aromatic heterocycles. The van der Waals surface area contributed by atoms with Gasteiger partial charge in [-0.1, -0.05) is 30.0 Å². The van der Waals surface area contributed by atoms with Crippen molar-refractivity contribution in [1.82, 2.24) is 19.3 Å². The molecule has 0 aliphatic rings. The van der Waals surface area contributed by atoms with Crippen LogP contribution in [-0.4, -0.2) is 31.0 Å². The lowest BCUT2D eigenvalue weighted by molar-refractivity contribution is -0.113. The monoisotopic (exact) mass is 409 g/mol. The van der Waals surface area contributed by atoms with Gasteiger partial charge < -0.3 is 14.5 Å². The molecule has 0 atom stereocenters. The van der Waals surface area contributed by atoms with Crippen LogP contribution in [0.3, 0.4) is 0 Å². The van der Waals surface area contributed by atoms with E-state index < -0.39 is 0 Å². The van der Waals surface area contributed by atoms with Crippen molar-refractivity contribution in [3.63, 3.8) is 0 Å². The third kappa shape index (κ3) is 3.88. The van der Waals surface area contributed by atoms with Crippen LogP contribution < -0.4 is 5.32 Å². The molecule has 0 saturated heterocycles. The predicted molar refractivity (Wildman–Crippen MR) is 113 cm³/mol. The molecular formula is C21H20FN5OS. The zero-order valence-electron chi connectivity index (χ0n) is 16.1. The van der Waals surface area contributed by atoms with E-state index >= 15 is 0 Å². The summed E-state index contributed by atoms with van der Waals surface area (Å²) in [5.74, 6) is 0.414. The Morgan fingerprint density at radius 2 is 1.90 bits per heavy atom. The third-order valence-electron chi connectivity index (χ3n) is 4.67. The van der Waals surface area contributed by atoms with E-state index in [0.29, 0.717) is 10.8 Å². The maximum Gasteiger partial charge on any atom is 0.234 e. The van der Waals surface area contributed by atoms with Crippen LogP contribution in [0.1, 0.15) is 6.92 Å². The average Bonchev–Trinajstić information content (AvgIpc) is 3.28. The number of nitrogens with zero attached hydrogens (tertiary/aromatic N) is 4. The van der Waals surface area contributed by atoms with Crippen molar-refractivity contribution in [2.24, 2.45) is 7.05 Å². The Labute approximate surface area is 171 Å². The molecule has 29 heavy (non-hydrogen) atoms. The predicted octanol–water partition coefficient (Wildman–Crippen LogP) is 4.33. The van der Waals surface area contributed by atoms with Crippen LogP contribution in [0, 0.1) is 5.82 Å². The molecular weight excluding hydrogens is 389 g/mol. The average molecular weight is 409 g/mol. The molecule has 0 fully saturated rings. The number of hydrogen-bond acceptors (Lipinski definition) is 4. The first kappa shape index (κ1) is 19.2. The zero-order chi connectivity index (χ0) is 20.4. The number of rotatable bonds is 6. The summed E-state index contributed by atoms with van der Waals surface area (Å²) >= 11 is 1.31. The van der Waals surface area contributed by atoms with Gasteiger partial charge in [0.25, 0.3) is 0 Å². The molecule has 4 rings (SSSR count). The standard InChI is InChI=1S/C21H20FN5OS/c1-3-27-12-17(16-6-4-5-7-18(16)27)20-24-25-21(26(20)2)29-13-19(28)23-15-10-8-14(22)9-11-15/h4-12H,3,13H2,1-2H3,(H,23,28). The first-order chi connectivity index (χ1) is 14.1. The Bertz CT molecular complexity index is 1170. The lowest BCUT2D eigenvalue weighted by atomic mass is 10.1. The summed E-state index contributed by atoms with van der Waals surface area (Å²) in [7, 11) is 1.90. The second-order valence-corrected chi connectivity index (χ2v) is 7.50. The van der Waals surface area contributed by atoms with Gasteiger partial charge in [0.05, 0.1) is 5.75 Å². The van der Waals surface area contributed by atoms with Gasteiger partial charge in [-0.15, -0.1) is 10.2 Å². The van der Waals surface area contributed by atoms with Crippen LogP contribution in [0.2, 0.25) is 0 Å². The molecule has 6 nitrogen and oxygen atoms in total. The van der Waals surface area contributed by atoms with Crippen LogP contribution >= 0.6 is 11.8 Å². The van der Waals surface area contributed by atoms with E-state index in [-0.39, 0.29) is 17.5 Å². The van der Waals surface area contributed by atoms with E-state index in [0.717, 1.165) is 28.8 Å². The Balaban J connectivity index is 1.51. The molecule has 0 unspecified atom stereocenters. The van der Waals surface area contributed by atoms with Crippen molar-refractivity contribution >= 4 is 34.3 Å². The number of thioether (sulfide) groups is 1. The molecule has 1 N–H and O–H groups in total. The number of para-hydroxylation sites is 1. The molecule has 0 bridgehead atoms. The van der Waals surface area contributed by atoms with Crippen molar-refractivity contribution in [2.45, 2.75) is 18.6 Å². The van der Waals surface area contributed by atoms with Crippen molar-refractivity contribution in [2.75, 3.05) is 11.1 Å². The maximum atomic E-state index is 13.0. The zero-order valence-corrected chi connectivity index (χ0v) is 16.9. The summed E-state index contributed by atoms with van der Waals surface area (Å²) in [5.41, 5.74) is 2.73. The van der Waals surface area contributed by atoms with Crippen LogP contribution in [0.4, 0.5) is 10.1 Å². The van der Waals surface area contributed by atoms with Gasteiger partial charge in [-0.05, 0) is 37.3 Å². The normalized spacial score (nSPS) is 11.1. The summed E-state index contributed by atoms with van der Waals surface area (Å²) in [6.45, 7) is 2.97. The summed E-state index contributed by atoms with van der Waals surface area (Å²) in [6.07, 6.45) is 2.09. The Kier molecular flexibility index (Phi) is 5.35. The highest BCUT2D eigenvalue weighted by molar-refractivity contribution is 7.99. The van der Waals surface area contributed by atoms with E-state index in [1.54, 1.807) is 0 Å². The molecule has 0 aliphatic heterocycles. The fourth-order valence-electron chi connectivity index (χ4n) is 3.22. The fraction of sp³-hybridized carbons (Fsp3) is 0.190. The molecule has 8 heteroatoms. The minimum absolute atomic E-state index is 0.181. The first-order valence-corrected chi connectivity index (χ1v) is 10.2. The van der Waals surface area contributed by atoms with Gasteiger partial charge >= 0.3 is 0 Å². The summed E-state index contributed by atoms with van der Waals surface area (Å²) in [5, 5.41) is 13.1. The van der Waals surface area contributed by atoms with Crippen molar-refractivity contribution in [1.29, 1.82) is 0 Å². The fourth-order valence-corrected chi connectivity index (χ4v) is 3.93. The van der Waals surface area contributed by atoms with Gasteiger partial charge in [0, 0.05) is 41.9 Å². The minimum Gasteiger partial charge on any atom is -0.347 e. The highest BCUT2D eigenvalue weighted by Gasteiger charge is 2.17. The van der Waals surface area contributed by atoms with Crippen molar-refractivity contribution in [3.05, 3.63) is 60.5 Å². The smallest absolute Gasteiger partial charge is 0.234 e. The number of aromatic nitrogens is 4. The van der Waals surface area contributed by atoms with Crippen LogP contribution in [0.5, 0.6) is 0 Å². The van der Waals surface area contributed by atoms with Gasteiger partial charge in [0.15, 0.2) is 11.0 Å². The van der Waals surface area contributed by atoms with Gasteiger partial charge in [-0.3, -0.25) is 4.79 Å². The Morgan fingerprint density at radius 3 is 2.66 bits per heavy atom. The number of amides is 1. The molecule has 4 aromatic rings. The van der Waals surface area contributed by atoms with E-state index in [2.05, 4.69) is 45.3 Å². The largest absolute Gasteiger partial charge is 0.347 e. The van der Waals surface area contributed by atoms with Crippen LogP contribution in [0.15, 0.2) is 59.9 Å². The number of hydrogen-bond donors (Lipinski definition) is 1. The molecule has 2 aromatic carbocycles. The summed E-state index contributed by atoms with van der Waals surface area (Å²) in [6, 6.07) is 13.9. The lowest BCUT2D eigenvalue weighted by Crippen LogP contribution is -2.14. The molecule has 0 aliphatic carbocycles.